The van der Waals surface area contributed by atoms with Gasteiger partial charge >= 0.3 is 0 Å². The zero-order chi connectivity index (χ0) is 21.9. The molecule has 1 N–H and O–H groups in total. The number of sulfonamides is 1. The third kappa shape index (κ3) is 5.24. The monoisotopic (exact) mass is 432 g/mol. The molecule has 1 aliphatic heterocycles. The van der Waals surface area contributed by atoms with Crippen LogP contribution in [0, 0.1) is 0 Å². The predicted octanol–water partition coefficient (Wildman–Crippen LogP) is 2.75. The molecule has 0 saturated heterocycles. The van der Waals surface area contributed by atoms with Crippen molar-refractivity contribution < 1.29 is 22.7 Å². The summed E-state index contributed by atoms with van der Waals surface area (Å²) < 4.78 is 37.3. The van der Waals surface area contributed by atoms with Crippen LogP contribution in [0.5, 0.6) is 11.5 Å². The van der Waals surface area contributed by atoms with Gasteiger partial charge < -0.3 is 14.8 Å². The Labute approximate surface area is 178 Å². The number of nitrogens with one attached hydrogen (secondary N) is 1. The minimum Gasteiger partial charge on any atom is -0.486 e. The van der Waals surface area contributed by atoms with Gasteiger partial charge in [0.05, 0.1) is 11.9 Å². The SMILES string of the molecule is C[C@H](C(=O)NC(C)(C)Cc1ccccc1)N(c1ccc2c(c1)OCCO2)S(C)(=O)=O. The first-order valence-corrected chi connectivity index (χ1v) is 11.7. The molecule has 8 heteroatoms. The van der Waals surface area contributed by atoms with Gasteiger partial charge in [0.1, 0.15) is 19.3 Å². The number of benzene rings is 2. The van der Waals surface area contributed by atoms with Crippen molar-refractivity contribution in [3.8, 4) is 11.5 Å². The third-order valence-electron chi connectivity index (χ3n) is 4.82. The Morgan fingerprint density at radius 1 is 1.10 bits per heavy atom. The van der Waals surface area contributed by atoms with Gasteiger partial charge in [0, 0.05) is 11.6 Å². The average Bonchev–Trinajstić information content (AvgIpc) is 2.67. The maximum absolute atomic E-state index is 13.0. The fourth-order valence-electron chi connectivity index (χ4n) is 3.57. The molecule has 1 aliphatic rings. The van der Waals surface area contributed by atoms with Crippen molar-refractivity contribution in [3.63, 3.8) is 0 Å². The van der Waals surface area contributed by atoms with Crippen molar-refractivity contribution in [2.45, 2.75) is 38.8 Å². The van der Waals surface area contributed by atoms with E-state index in [1.54, 1.807) is 25.1 Å². The Bertz CT molecular complexity index is 1010. The number of anilines is 1. The molecule has 0 spiro atoms. The van der Waals surface area contributed by atoms with Crippen LogP contribution in [-0.4, -0.2) is 45.4 Å². The van der Waals surface area contributed by atoms with Crippen LogP contribution < -0.4 is 19.1 Å². The smallest absolute Gasteiger partial charge is 0.244 e. The molecule has 0 bridgehead atoms. The molecule has 1 amide bonds. The quantitative estimate of drug-likeness (QED) is 0.727. The van der Waals surface area contributed by atoms with Gasteiger partial charge in [-0.3, -0.25) is 9.10 Å². The van der Waals surface area contributed by atoms with Crippen LogP contribution in [0.15, 0.2) is 48.5 Å². The highest BCUT2D eigenvalue weighted by Crippen LogP contribution is 2.35. The molecule has 1 atom stereocenters. The van der Waals surface area contributed by atoms with Crippen molar-refractivity contribution in [1.29, 1.82) is 0 Å². The van der Waals surface area contributed by atoms with E-state index in [0.29, 0.717) is 36.8 Å². The van der Waals surface area contributed by atoms with E-state index in [0.717, 1.165) is 16.1 Å². The summed E-state index contributed by atoms with van der Waals surface area (Å²) in [5, 5.41) is 2.99. The molecule has 7 nitrogen and oxygen atoms in total. The van der Waals surface area contributed by atoms with E-state index in [9.17, 15) is 13.2 Å². The zero-order valence-electron chi connectivity index (χ0n) is 17.7. The first-order valence-electron chi connectivity index (χ1n) is 9.82. The fraction of sp³-hybridized carbons (Fsp3) is 0.409. The fourth-order valence-corrected chi connectivity index (χ4v) is 4.73. The Morgan fingerprint density at radius 3 is 2.37 bits per heavy atom. The van der Waals surface area contributed by atoms with Crippen LogP contribution >= 0.6 is 0 Å². The standard InChI is InChI=1S/C22H28N2O5S/c1-16(21(25)23-22(2,3)15-17-8-6-5-7-9-17)24(30(4,26)27)18-10-11-19-20(14-18)29-13-12-28-19/h5-11,14,16H,12-13,15H2,1-4H3,(H,23,25)/t16-/m1/s1. The number of hydrogen-bond donors (Lipinski definition) is 1. The summed E-state index contributed by atoms with van der Waals surface area (Å²) in [5.41, 5.74) is 0.885. The van der Waals surface area contributed by atoms with Gasteiger partial charge in [0.15, 0.2) is 11.5 Å². The highest BCUT2D eigenvalue weighted by atomic mass is 32.2. The molecule has 0 aliphatic carbocycles. The van der Waals surface area contributed by atoms with E-state index < -0.39 is 21.6 Å². The topological polar surface area (TPSA) is 84.9 Å². The number of hydrogen-bond acceptors (Lipinski definition) is 5. The molecule has 3 rings (SSSR count). The van der Waals surface area contributed by atoms with E-state index in [4.69, 9.17) is 9.47 Å². The van der Waals surface area contributed by atoms with Gasteiger partial charge in [-0.25, -0.2) is 8.42 Å². The number of carbonyl (C=O) groups is 1. The number of amides is 1. The lowest BCUT2D eigenvalue weighted by molar-refractivity contribution is -0.123. The molecular formula is C22H28N2O5S. The lowest BCUT2D eigenvalue weighted by atomic mass is 9.94. The first-order chi connectivity index (χ1) is 14.1. The number of ether oxygens (including phenoxy) is 2. The predicted molar refractivity (Wildman–Crippen MR) is 117 cm³/mol. The second-order valence-electron chi connectivity index (χ2n) is 8.10. The first kappa shape index (κ1) is 22.0. The van der Waals surface area contributed by atoms with Gasteiger partial charge in [0.2, 0.25) is 15.9 Å². The van der Waals surface area contributed by atoms with E-state index in [1.807, 2.05) is 44.2 Å². The van der Waals surface area contributed by atoms with E-state index >= 15 is 0 Å². The molecule has 0 unspecified atom stereocenters. The maximum Gasteiger partial charge on any atom is 0.244 e. The number of nitrogens with zero attached hydrogens (tertiary/aromatic N) is 1. The summed E-state index contributed by atoms with van der Waals surface area (Å²) in [6, 6.07) is 13.7. The number of fused-ring (bicyclic) bond motifs is 1. The summed E-state index contributed by atoms with van der Waals surface area (Å²) in [7, 11) is -3.73. The van der Waals surface area contributed by atoms with Crippen LogP contribution in [0.25, 0.3) is 0 Å². The van der Waals surface area contributed by atoms with Crippen LogP contribution in [0.3, 0.4) is 0 Å². The minimum absolute atomic E-state index is 0.352. The van der Waals surface area contributed by atoms with Crippen molar-refractivity contribution in [2.24, 2.45) is 0 Å². The van der Waals surface area contributed by atoms with Crippen molar-refractivity contribution in [1.82, 2.24) is 5.32 Å². The maximum atomic E-state index is 13.0. The third-order valence-corrected chi connectivity index (χ3v) is 6.06. The highest BCUT2D eigenvalue weighted by Gasteiger charge is 2.33. The van der Waals surface area contributed by atoms with Gasteiger partial charge in [-0.05, 0) is 44.9 Å². The molecule has 0 saturated carbocycles. The van der Waals surface area contributed by atoms with Gasteiger partial charge in [0.25, 0.3) is 0 Å². The molecule has 30 heavy (non-hydrogen) atoms. The Morgan fingerprint density at radius 2 is 1.73 bits per heavy atom. The molecule has 1 heterocycles. The molecule has 0 fully saturated rings. The van der Waals surface area contributed by atoms with E-state index in [1.165, 1.54) is 0 Å². The molecule has 0 radical (unpaired) electrons. The summed E-state index contributed by atoms with van der Waals surface area (Å²) in [6.45, 7) is 6.24. The second-order valence-corrected chi connectivity index (χ2v) is 9.96. The molecule has 0 aromatic heterocycles. The normalized spacial score (nSPS) is 14.7. The highest BCUT2D eigenvalue weighted by molar-refractivity contribution is 7.92. The average molecular weight is 433 g/mol. The van der Waals surface area contributed by atoms with Crippen molar-refractivity contribution >= 4 is 21.6 Å². The van der Waals surface area contributed by atoms with E-state index in [2.05, 4.69) is 5.32 Å². The van der Waals surface area contributed by atoms with Crippen molar-refractivity contribution in [3.05, 3.63) is 54.1 Å². The lowest BCUT2D eigenvalue weighted by Gasteiger charge is -2.33. The van der Waals surface area contributed by atoms with Gasteiger partial charge in [-0.2, -0.15) is 0 Å². The Hall–Kier alpha value is -2.74. The molecule has 162 valence electrons. The minimum atomic E-state index is -3.73. The summed E-state index contributed by atoms with van der Waals surface area (Å²) in [6.07, 6.45) is 1.71. The molecular weight excluding hydrogens is 404 g/mol. The second kappa shape index (κ2) is 8.55. The van der Waals surface area contributed by atoms with Crippen LogP contribution in [0.2, 0.25) is 0 Å². The molecule has 2 aromatic carbocycles. The zero-order valence-corrected chi connectivity index (χ0v) is 18.5. The molecule has 2 aromatic rings. The lowest BCUT2D eigenvalue weighted by Crippen LogP contribution is -2.54. The summed E-state index contributed by atoms with van der Waals surface area (Å²) in [5.74, 6) is 0.639. The largest absolute Gasteiger partial charge is 0.486 e. The van der Waals surface area contributed by atoms with Gasteiger partial charge in [-0.15, -0.1) is 0 Å². The van der Waals surface area contributed by atoms with Crippen molar-refractivity contribution in [2.75, 3.05) is 23.8 Å². The van der Waals surface area contributed by atoms with Crippen LogP contribution in [-0.2, 0) is 21.2 Å². The van der Waals surface area contributed by atoms with Crippen LogP contribution in [0.1, 0.15) is 26.3 Å². The summed E-state index contributed by atoms with van der Waals surface area (Å²) >= 11 is 0. The van der Waals surface area contributed by atoms with Crippen LogP contribution in [0.4, 0.5) is 5.69 Å². The number of rotatable bonds is 7. The Balaban J connectivity index is 1.81. The summed E-state index contributed by atoms with van der Waals surface area (Å²) in [4.78, 5) is 13.0. The number of carbonyl (C=O) groups excluding carboxylic acids is 1. The van der Waals surface area contributed by atoms with Gasteiger partial charge in [-0.1, -0.05) is 30.3 Å². The Kier molecular flexibility index (Phi) is 6.26. The van der Waals surface area contributed by atoms with E-state index in [-0.39, 0.29) is 5.91 Å².